The van der Waals surface area contributed by atoms with Gasteiger partial charge in [0, 0.05) is 55.4 Å². The molecule has 0 aliphatic carbocycles. The number of nitrogens with one attached hydrogen (secondary N) is 2. The summed E-state index contributed by atoms with van der Waals surface area (Å²) in [6.07, 6.45) is 8.01. The normalized spacial score (nSPS) is 21.2. The van der Waals surface area contributed by atoms with Crippen LogP contribution in [0.1, 0.15) is 31.2 Å². The number of hydrogen-bond donors (Lipinski definition) is 2. The van der Waals surface area contributed by atoms with Crippen LogP contribution in [0.15, 0.2) is 29.4 Å². The molecule has 0 saturated carbocycles. The van der Waals surface area contributed by atoms with Crippen molar-refractivity contribution >= 4 is 28.5 Å². The lowest BCUT2D eigenvalue weighted by molar-refractivity contribution is -0.0367. The van der Waals surface area contributed by atoms with Crippen molar-refractivity contribution in [1.29, 1.82) is 0 Å². The number of fused-ring (bicyclic) bond motifs is 1. The topological polar surface area (TPSA) is 61.9 Å². The van der Waals surface area contributed by atoms with E-state index in [1.807, 2.05) is 25.2 Å². The molecule has 2 N–H and O–H groups in total. The average Bonchev–Trinajstić information content (AvgIpc) is 3.40. The monoisotopic (exact) mass is 418 g/mol. The van der Waals surface area contributed by atoms with Gasteiger partial charge in [-0.25, -0.2) is 0 Å². The molecule has 2 fully saturated rings. The van der Waals surface area contributed by atoms with Crippen molar-refractivity contribution in [2.75, 3.05) is 39.9 Å². The second-order valence-electron chi connectivity index (χ2n) is 7.88. The van der Waals surface area contributed by atoms with E-state index in [4.69, 9.17) is 21.1 Å². The van der Waals surface area contributed by atoms with Gasteiger partial charge in [-0.1, -0.05) is 11.6 Å². The molecule has 0 bridgehead atoms. The largest absolute Gasteiger partial charge is 0.376 e. The molecule has 7 heteroatoms. The lowest BCUT2D eigenvalue weighted by Crippen LogP contribution is -2.47. The molecule has 1 aromatic carbocycles. The molecule has 4 rings (SSSR count). The summed E-state index contributed by atoms with van der Waals surface area (Å²) in [5.74, 6) is 0.973. The number of nitrogens with zero attached hydrogens (tertiary/aromatic N) is 2. The van der Waals surface area contributed by atoms with Crippen LogP contribution >= 0.6 is 11.6 Å². The Labute approximate surface area is 177 Å². The predicted molar refractivity (Wildman–Crippen MR) is 118 cm³/mol. The Kier molecular flexibility index (Phi) is 6.95. The molecule has 0 amide bonds. The molecular formula is C22H31ClN4O2. The molecule has 6 nitrogen and oxygen atoms in total. The Bertz CT molecular complexity index is 823. The first-order valence-corrected chi connectivity index (χ1v) is 11.0. The van der Waals surface area contributed by atoms with E-state index in [0.29, 0.717) is 12.2 Å². The molecule has 158 valence electrons. The second kappa shape index (κ2) is 9.83. The van der Waals surface area contributed by atoms with E-state index >= 15 is 0 Å². The number of aliphatic imine (C=N–C) groups is 1. The van der Waals surface area contributed by atoms with Gasteiger partial charge in [0.15, 0.2) is 5.96 Å². The number of likely N-dealkylation sites (tertiary alicyclic amines) is 1. The van der Waals surface area contributed by atoms with Crippen molar-refractivity contribution in [3.05, 3.63) is 35.0 Å². The van der Waals surface area contributed by atoms with E-state index in [-0.39, 0.29) is 0 Å². The number of halogens is 1. The minimum absolute atomic E-state index is 0.307. The highest BCUT2D eigenvalue weighted by Gasteiger charge is 2.24. The molecule has 1 atom stereocenters. The third-order valence-corrected chi connectivity index (χ3v) is 6.14. The molecule has 0 spiro atoms. The summed E-state index contributed by atoms with van der Waals surface area (Å²) < 4.78 is 11.7. The SMILES string of the molecule is CN=C(NCCc1c[nH]c2ccc(Cl)cc12)N1CCC(OCC2CCCO2)CC1. The summed E-state index contributed by atoms with van der Waals surface area (Å²) in [7, 11) is 1.85. The highest BCUT2D eigenvalue weighted by molar-refractivity contribution is 6.31. The zero-order valence-corrected chi connectivity index (χ0v) is 17.9. The summed E-state index contributed by atoms with van der Waals surface area (Å²) in [5.41, 5.74) is 2.39. The number of aromatic amines is 1. The first-order chi connectivity index (χ1) is 14.2. The van der Waals surface area contributed by atoms with Gasteiger partial charge in [-0.05, 0) is 55.9 Å². The highest BCUT2D eigenvalue weighted by atomic mass is 35.5. The molecule has 1 unspecified atom stereocenters. The molecule has 1 aromatic heterocycles. The summed E-state index contributed by atoms with van der Waals surface area (Å²) >= 11 is 6.15. The number of guanidine groups is 1. The van der Waals surface area contributed by atoms with Gasteiger partial charge in [0.2, 0.25) is 0 Å². The van der Waals surface area contributed by atoms with Crippen molar-refractivity contribution in [1.82, 2.24) is 15.2 Å². The second-order valence-corrected chi connectivity index (χ2v) is 8.32. The van der Waals surface area contributed by atoms with E-state index in [1.54, 1.807) is 0 Å². The molecule has 2 aromatic rings. The summed E-state index contributed by atoms with van der Waals surface area (Å²) in [5, 5.41) is 5.48. The van der Waals surface area contributed by atoms with E-state index in [1.165, 1.54) is 17.4 Å². The first kappa shape index (κ1) is 20.5. The predicted octanol–water partition coefficient (Wildman–Crippen LogP) is 3.60. The third-order valence-electron chi connectivity index (χ3n) is 5.90. The van der Waals surface area contributed by atoms with Gasteiger partial charge < -0.3 is 24.7 Å². The number of aromatic nitrogens is 1. The van der Waals surface area contributed by atoms with Crippen LogP contribution < -0.4 is 5.32 Å². The standard InChI is InChI=1S/C22H31ClN4O2/c1-24-22(25-9-6-16-14-26-21-5-4-17(23)13-20(16)21)27-10-7-18(8-11-27)29-15-19-3-2-12-28-19/h4-5,13-14,18-19,26H,2-3,6-12,15H2,1H3,(H,24,25). The quantitative estimate of drug-likeness (QED) is 0.555. The number of rotatable bonds is 6. The smallest absolute Gasteiger partial charge is 0.193 e. The van der Waals surface area contributed by atoms with Crippen LogP contribution in [-0.4, -0.2) is 67.9 Å². The molecule has 29 heavy (non-hydrogen) atoms. The summed E-state index contributed by atoms with van der Waals surface area (Å²) in [6.45, 7) is 4.41. The van der Waals surface area contributed by atoms with Crippen LogP contribution in [0.5, 0.6) is 0 Å². The van der Waals surface area contributed by atoms with Gasteiger partial charge >= 0.3 is 0 Å². The van der Waals surface area contributed by atoms with Crippen molar-refractivity contribution in [3.8, 4) is 0 Å². The Balaban J connectivity index is 1.22. The Morgan fingerprint density at radius 1 is 1.34 bits per heavy atom. The van der Waals surface area contributed by atoms with Gasteiger partial charge in [-0.15, -0.1) is 0 Å². The third kappa shape index (κ3) is 5.24. The van der Waals surface area contributed by atoms with Crippen molar-refractivity contribution in [2.24, 2.45) is 4.99 Å². The highest BCUT2D eigenvalue weighted by Crippen LogP contribution is 2.22. The number of hydrogen-bond acceptors (Lipinski definition) is 3. The fourth-order valence-corrected chi connectivity index (χ4v) is 4.42. The van der Waals surface area contributed by atoms with Gasteiger partial charge in [0.05, 0.1) is 18.8 Å². The van der Waals surface area contributed by atoms with E-state index < -0.39 is 0 Å². The van der Waals surface area contributed by atoms with E-state index in [9.17, 15) is 0 Å². The molecule has 3 heterocycles. The minimum atomic E-state index is 0.307. The molecule has 2 aliphatic rings. The Morgan fingerprint density at radius 3 is 2.97 bits per heavy atom. The van der Waals surface area contributed by atoms with Gasteiger partial charge in [-0.2, -0.15) is 0 Å². The zero-order valence-electron chi connectivity index (χ0n) is 17.1. The maximum Gasteiger partial charge on any atom is 0.193 e. The number of benzene rings is 1. The average molecular weight is 419 g/mol. The minimum Gasteiger partial charge on any atom is -0.376 e. The van der Waals surface area contributed by atoms with Crippen LogP contribution in [0, 0.1) is 0 Å². The van der Waals surface area contributed by atoms with E-state index in [0.717, 1.165) is 75.0 Å². The lowest BCUT2D eigenvalue weighted by Gasteiger charge is -2.34. The van der Waals surface area contributed by atoms with Crippen molar-refractivity contribution in [3.63, 3.8) is 0 Å². The first-order valence-electron chi connectivity index (χ1n) is 10.7. The van der Waals surface area contributed by atoms with Crippen LogP contribution in [0.4, 0.5) is 0 Å². The zero-order chi connectivity index (χ0) is 20.1. The van der Waals surface area contributed by atoms with Gasteiger partial charge in [0.1, 0.15) is 0 Å². The van der Waals surface area contributed by atoms with Crippen LogP contribution in [0.3, 0.4) is 0 Å². The van der Waals surface area contributed by atoms with Gasteiger partial charge in [-0.3, -0.25) is 4.99 Å². The van der Waals surface area contributed by atoms with Crippen molar-refractivity contribution < 1.29 is 9.47 Å². The van der Waals surface area contributed by atoms with Crippen LogP contribution in [-0.2, 0) is 15.9 Å². The summed E-state index contributed by atoms with van der Waals surface area (Å²) in [4.78, 5) is 10.1. The van der Waals surface area contributed by atoms with E-state index in [2.05, 4.69) is 26.4 Å². The molecule has 2 saturated heterocycles. The molecule has 2 aliphatic heterocycles. The fraction of sp³-hybridized carbons (Fsp3) is 0.591. The molecular weight excluding hydrogens is 388 g/mol. The Hall–Kier alpha value is -1.76. The van der Waals surface area contributed by atoms with Crippen LogP contribution in [0.25, 0.3) is 10.9 Å². The maximum absolute atomic E-state index is 6.15. The van der Waals surface area contributed by atoms with Crippen LogP contribution in [0.2, 0.25) is 5.02 Å². The number of H-pyrrole nitrogens is 1. The molecule has 0 radical (unpaired) electrons. The lowest BCUT2D eigenvalue weighted by atomic mass is 10.1. The van der Waals surface area contributed by atoms with Gasteiger partial charge in [0.25, 0.3) is 0 Å². The number of ether oxygens (including phenoxy) is 2. The summed E-state index contributed by atoms with van der Waals surface area (Å²) in [6, 6.07) is 5.97. The maximum atomic E-state index is 6.15. The fourth-order valence-electron chi connectivity index (χ4n) is 4.25. The van der Waals surface area contributed by atoms with Crippen molar-refractivity contribution in [2.45, 2.75) is 44.3 Å². The Morgan fingerprint density at radius 2 is 2.21 bits per heavy atom. The number of piperidine rings is 1.